The van der Waals surface area contributed by atoms with Gasteiger partial charge in [-0.15, -0.1) is 0 Å². The van der Waals surface area contributed by atoms with Crippen LogP contribution >= 0.6 is 0 Å². The van der Waals surface area contributed by atoms with Crippen LogP contribution in [-0.4, -0.2) is 29.9 Å². The molecule has 148 valence electrons. The predicted octanol–water partition coefficient (Wildman–Crippen LogP) is 3.37. The average molecular weight is 379 g/mol. The summed E-state index contributed by atoms with van der Waals surface area (Å²) in [5.41, 5.74) is 5.02. The second-order valence-corrected chi connectivity index (χ2v) is 7.17. The zero-order valence-electron chi connectivity index (χ0n) is 16.9. The molecule has 2 N–H and O–H groups in total. The highest BCUT2D eigenvalue weighted by Crippen LogP contribution is 2.22. The summed E-state index contributed by atoms with van der Waals surface area (Å²) < 4.78 is 0. The van der Waals surface area contributed by atoms with Crippen molar-refractivity contribution in [3.63, 3.8) is 0 Å². The van der Waals surface area contributed by atoms with E-state index in [1.54, 1.807) is 0 Å². The van der Waals surface area contributed by atoms with Crippen LogP contribution < -0.4 is 10.6 Å². The van der Waals surface area contributed by atoms with Crippen molar-refractivity contribution in [3.05, 3.63) is 70.8 Å². The van der Waals surface area contributed by atoms with Gasteiger partial charge in [-0.3, -0.25) is 4.79 Å². The van der Waals surface area contributed by atoms with Gasteiger partial charge in [0.15, 0.2) is 5.96 Å². The van der Waals surface area contributed by atoms with Gasteiger partial charge in [0, 0.05) is 32.6 Å². The Labute approximate surface area is 167 Å². The largest absolute Gasteiger partial charge is 0.357 e. The highest BCUT2D eigenvalue weighted by Gasteiger charge is 2.22. The number of benzene rings is 2. The normalized spacial score (nSPS) is 13.4. The first-order valence-corrected chi connectivity index (χ1v) is 10.1. The first-order valence-electron chi connectivity index (χ1n) is 10.1. The summed E-state index contributed by atoms with van der Waals surface area (Å²) in [6.07, 6.45) is 1.35. The van der Waals surface area contributed by atoms with Gasteiger partial charge in [0.2, 0.25) is 5.91 Å². The number of carbonyl (C=O) groups is 1. The highest BCUT2D eigenvalue weighted by molar-refractivity contribution is 5.80. The number of rotatable bonds is 7. The fraction of sp³-hybridized carbons (Fsp3) is 0.391. The predicted molar refractivity (Wildman–Crippen MR) is 114 cm³/mol. The zero-order valence-corrected chi connectivity index (χ0v) is 16.9. The van der Waals surface area contributed by atoms with E-state index in [1.165, 1.54) is 22.3 Å². The van der Waals surface area contributed by atoms with Gasteiger partial charge in [-0.2, -0.15) is 0 Å². The zero-order chi connectivity index (χ0) is 19.8. The van der Waals surface area contributed by atoms with Crippen molar-refractivity contribution in [1.29, 1.82) is 0 Å². The first-order chi connectivity index (χ1) is 13.7. The van der Waals surface area contributed by atoms with Crippen LogP contribution in [-0.2, 0) is 24.4 Å². The molecule has 0 saturated carbocycles. The summed E-state index contributed by atoms with van der Waals surface area (Å²) in [6, 6.07) is 16.6. The topological polar surface area (TPSA) is 56.7 Å². The maximum atomic E-state index is 12.5. The molecule has 28 heavy (non-hydrogen) atoms. The average Bonchev–Trinajstić information content (AvgIpc) is 3.14. The Kier molecular flexibility index (Phi) is 7.06. The second-order valence-electron chi connectivity index (χ2n) is 7.17. The maximum absolute atomic E-state index is 12.5. The van der Waals surface area contributed by atoms with Crippen LogP contribution in [0.5, 0.6) is 0 Å². The van der Waals surface area contributed by atoms with E-state index in [1.807, 2.05) is 29.2 Å². The number of guanidine groups is 1. The van der Waals surface area contributed by atoms with Gasteiger partial charge < -0.3 is 15.5 Å². The SMILES string of the molecule is CCNC(=NCc1ccccc1C)NCCCC(=O)N1Cc2ccccc2C1. The molecule has 1 heterocycles. The maximum Gasteiger partial charge on any atom is 0.223 e. The molecule has 2 aromatic carbocycles. The number of amides is 1. The minimum atomic E-state index is 0.222. The molecule has 0 aromatic heterocycles. The molecular weight excluding hydrogens is 348 g/mol. The molecular formula is C23H30N4O. The van der Waals surface area contributed by atoms with Crippen molar-refractivity contribution in [3.8, 4) is 0 Å². The summed E-state index contributed by atoms with van der Waals surface area (Å²) in [5.74, 6) is 1.02. The number of carbonyl (C=O) groups excluding carboxylic acids is 1. The van der Waals surface area contributed by atoms with Gasteiger partial charge in [-0.25, -0.2) is 4.99 Å². The quantitative estimate of drug-likeness (QED) is 0.441. The van der Waals surface area contributed by atoms with Crippen LogP contribution in [0.3, 0.4) is 0 Å². The van der Waals surface area contributed by atoms with Crippen molar-refractivity contribution >= 4 is 11.9 Å². The van der Waals surface area contributed by atoms with Crippen LogP contribution in [0.25, 0.3) is 0 Å². The smallest absolute Gasteiger partial charge is 0.223 e. The Bertz CT molecular complexity index is 806. The molecule has 1 aliphatic heterocycles. The minimum Gasteiger partial charge on any atom is -0.357 e. The van der Waals surface area contributed by atoms with Gasteiger partial charge in [0.05, 0.1) is 6.54 Å². The molecule has 5 heteroatoms. The third kappa shape index (κ3) is 5.35. The molecule has 0 radical (unpaired) electrons. The lowest BCUT2D eigenvalue weighted by Crippen LogP contribution is -2.38. The van der Waals surface area contributed by atoms with E-state index >= 15 is 0 Å². The van der Waals surface area contributed by atoms with Crippen LogP contribution in [0.15, 0.2) is 53.5 Å². The first kappa shape index (κ1) is 19.9. The Morgan fingerprint density at radius 2 is 1.71 bits per heavy atom. The van der Waals surface area contributed by atoms with Gasteiger partial charge in [0.25, 0.3) is 0 Å². The number of fused-ring (bicyclic) bond motifs is 1. The number of hydrogen-bond acceptors (Lipinski definition) is 2. The highest BCUT2D eigenvalue weighted by atomic mass is 16.2. The van der Waals surface area contributed by atoms with Gasteiger partial charge in [-0.1, -0.05) is 48.5 Å². The molecule has 2 aromatic rings. The van der Waals surface area contributed by atoms with Crippen molar-refractivity contribution in [2.24, 2.45) is 4.99 Å². The van der Waals surface area contributed by atoms with Crippen LogP contribution in [0.4, 0.5) is 0 Å². The molecule has 0 aliphatic carbocycles. The number of aliphatic imine (C=N–C) groups is 1. The monoisotopic (exact) mass is 378 g/mol. The van der Waals surface area contributed by atoms with Gasteiger partial charge >= 0.3 is 0 Å². The Morgan fingerprint density at radius 3 is 2.39 bits per heavy atom. The summed E-state index contributed by atoms with van der Waals surface area (Å²) >= 11 is 0. The fourth-order valence-corrected chi connectivity index (χ4v) is 3.41. The van der Waals surface area contributed by atoms with E-state index in [0.717, 1.165) is 38.6 Å². The standard InChI is InChI=1S/C23H30N4O/c1-3-24-23(26-15-19-10-5-4-9-18(19)2)25-14-8-13-22(28)27-16-20-11-6-7-12-21(20)17-27/h4-7,9-12H,3,8,13-17H2,1-2H3,(H2,24,25,26). The van der Waals surface area contributed by atoms with E-state index in [-0.39, 0.29) is 5.91 Å². The Morgan fingerprint density at radius 1 is 1.04 bits per heavy atom. The summed E-state index contributed by atoms with van der Waals surface area (Å²) in [7, 11) is 0. The molecule has 1 amide bonds. The van der Waals surface area contributed by atoms with E-state index in [9.17, 15) is 4.79 Å². The van der Waals surface area contributed by atoms with Crippen molar-refractivity contribution in [2.45, 2.75) is 46.3 Å². The van der Waals surface area contributed by atoms with Crippen LogP contribution in [0, 0.1) is 6.92 Å². The molecule has 0 fully saturated rings. The number of hydrogen-bond donors (Lipinski definition) is 2. The summed E-state index contributed by atoms with van der Waals surface area (Å²) in [6.45, 7) is 7.82. The molecule has 0 spiro atoms. The molecule has 5 nitrogen and oxygen atoms in total. The molecule has 0 bridgehead atoms. The van der Waals surface area contributed by atoms with Crippen LogP contribution in [0.2, 0.25) is 0 Å². The Hall–Kier alpha value is -2.82. The third-order valence-corrected chi connectivity index (χ3v) is 5.07. The molecule has 3 rings (SSSR count). The van der Waals surface area contributed by atoms with Crippen LogP contribution in [0.1, 0.15) is 42.0 Å². The van der Waals surface area contributed by atoms with E-state index < -0.39 is 0 Å². The lowest BCUT2D eigenvalue weighted by molar-refractivity contribution is -0.131. The molecule has 0 saturated heterocycles. The number of nitrogens with one attached hydrogen (secondary N) is 2. The van der Waals surface area contributed by atoms with E-state index in [4.69, 9.17) is 0 Å². The number of aryl methyl sites for hydroxylation is 1. The van der Waals surface area contributed by atoms with Crippen molar-refractivity contribution in [2.75, 3.05) is 13.1 Å². The molecule has 0 unspecified atom stereocenters. The lowest BCUT2D eigenvalue weighted by Gasteiger charge is -2.16. The Balaban J connectivity index is 1.43. The van der Waals surface area contributed by atoms with Crippen molar-refractivity contribution < 1.29 is 4.79 Å². The second kappa shape index (κ2) is 9.93. The fourth-order valence-electron chi connectivity index (χ4n) is 3.41. The molecule has 1 aliphatic rings. The third-order valence-electron chi connectivity index (χ3n) is 5.07. The van der Waals surface area contributed by atoms with Gasteiger partial charge in [-0.05, 0) is 42.5 Å². The summed E-state index contributed by atoms with van der Waals surface area (Å²) in [4.78, 5) is 19.1. The van der Waals surface area contributed by atoms with Crippen molar-refractivity contribution in [1.82, 2.24) is 15.5 Å². The summed E-state index contributed by atoms with van der Waals surface area (Å²) in [5, 5.41) is 6.61. The van der Waals surface area contributed by atoms with E-state index in [2.05, 4.69) is 53.7 Å². The minimum absolute atomic E-state index is 0.222. The lowest BCUT2D eigenvalue weighted by atomic mass is 10.1. The van der Waals surface area contributed by atoms with Gasteiger partial charge in [0.1, 0.15) is 0 Å². The van der Waals surface area contributed by atoms with E-state index in [0.29, 0.717) is 13.0 Å². The number of nitrogens with zero attached hydrogens (tertiary/aromatic N) is 2. The molecule has 0 atom stereocenters.